The molecule has 0 atom stereocenters. The molecule has 18 heavy (non-hydrogen) atoms. The Morgan fingerprint density at radius 1 is 1.28 bits per heavy atom. The molecular weight excluding hydrogens is 235 g/mol. The predicted molar refractivity (Wildman–Crippen MR) is 67.9 cm³/mol. The summed E-state index contributed by atoms with van der Waals surface area (Å²) in [6, 6.07) is 3.77. The van der Waals surface area contributed by atoms with Crippen LogP contribution in [0.3, 0.4) is 0 Å². The van der Waals surface area contributed by atoms with Gasteiger partial charge in [-0.2, -0.15) is 0 Å². The third-order valence-corrected chi connectivity index (χ3v) is 2.38. The second-order valence-corrected chi connectivity index (χ2v) is 3.90. The minimum absolute atomic E-state index is 0.0903. The molecule has 5 heteroatoms. The van der Waals surface area contributed by atoms with Gasteiger partial charge in [0.2, 0.25) is 0 Å². The van der Waals surface area contributed by atoms with E-state index in [1.807, 2.05) is 0 Å². The van der Waals surface area contributed by atoms with Gasteiger partial charge < -0.3 is 15.9 Å². The Labute approximate surface area is 105 Å². The molecule has 0 bridgehead atoms. The zero-order valence-corrected chi connectivity index (χ0v) is 10.5. The zero-order valence-electron chi connectivity index (χ0n) is 10.5. The first kappa shape index (κ1) is 13.9. The summed E-state index contributed by atoms with van der Waals surface area (Å²) in [4.78, 5) is 11.4. The van der Waals surface area contributed by atoms with Gasteiger partial charge in [0, 0.05) is 17.0 Å². The van der Waals surface area contributed by atoms with Crippen molar-refractivity contribution in [2.75, 3.05) is 7.11 Å². The standard InChI is InChI=1S/C13H15FN2O2/c1-7(15)12(8(2)16)9-4-10(13(17)18-3)6-11(14)5-9/h4-6,15H,16H2,1-3H3/b12-8+,15-7?. The summed E-state index contributed by atoms with van der Waals surface area (Å²) in [7, 11) is 1.22. The van der Waals surface area contributed by atoms with Crippen molar-refractivity contribution in [3.63, 3.8) is 0 Å². The lowest BCUT2D eigenvalue weighted by atomic mass is 9.98. The Morgan fingerprint density at radius 3 is 2.28 bits per heavy atom. The van der Waals surface area contributed by atoms with E-state index in [2.05, 4.69) is 4.74 Å². The highest BCUT2D eigenvalue weighted by Gasteiger charge is 2.13. The molecule has 96 valence electrons. The van der Waals surface area contributed by atoms with Gasteiger partial charge in [-0.25, -0.2) is 9.18 Å². The molecular formula is C13H15FN2O2. The molecule has 0 heterocycles. The van der Waals surface area contributed by atoms with Gasteiger partial charge in [-0.05, 0) is 37.6 Å². The molecule has 1 rings (SSSR count). The maximum absolute atomic E-state index is 13.5. The van der Waals surface area contributed by atoms with Crippen molar-refractivity contribution >= 4 is 17.3 Å². The van der Waals surface area contributed by atoms with E-state index in [1.54, 1.807) is 13.8 Å². The molecule has 0 aliphatic heterocycles. The number of allylic oxidation sites excluding steroid dienone is 2. The second-order valence-electron chi connectivity index (χ2n) is 3.90. The van der Waals surface area contributed by atoms with Crippen molar-refractivity contribution in [1.29, 1.82) is 5.41 Å². The van der Waals surface area contributed by atoms with E-state index in [4.69, 9.17) is 11.1 Å². The number of rotatable bonds is 3. The second kappa shape index (κ2) is 5.44. The van der Waals surface area contributed by atoms with Crippen LogP contribution in [0, 0.1) is 11.2 Å². The highest BCUT2D eigenvalue weighted by Crippen LogP contribution is 2.21. The molecule has 0 amide bonds. The fraction of sp³-hybridized carbons (Fsp3) is 0.231. The van der Waals surface area contributed by atoms with Gasteiger partial charge in [-0.15, -0.1) is 0 Å². The first-order chi connectivity index (χ1) is 8.36. The Bertz CT molecular complexity index is 532. The van der Waals surface area contributed by atoms with Crippen molar-refractivity contribution in [3.05, 3.63) is 40.8 Å². The molecule has 1 aromatic carbocycles. The van der Waals surface area contributed by atoms with Crippen LogP contribution < -0.4 is 5.73 Å². The number of hydrogen-bond donors (Lipinski definition) is 2. The summed E-state index contributed by atoms with van der Waals surface area (Å²) in [5, 5.41) is 7.64. The first-order valence-corrected chi connectivity index (χ1v) is 5.28. The maximum atomic E-state index is 13.5. The molecule has 0 saturated heterocycles. The van der Waals surface area contributed by atoms with Crippen LogP contribution in [0.1, 0.15) is 29.8 Å². The van der Waals surface area contributed by atoms with Crippen LogP contribution >= 0.6 is 0 Å². The van der Waals surface area contributed by atoms with Gasteiger partial charge in [0.1, 0.15) is 5.82 Å². The van der Waals surface area contributed by atoms with Crippen molar-refractivity contribution in [1.82, 2.24) is 0 Å². The van der Waals surface area contributed by atoms with Crippen molar-refractivity contribution in [3.8, 4) is 0 Å². The van der Waals surface area contributed by atoms with Crippen LogP contribution in [-0.4, -0.2) is 18.8 Å². The fourth-order valence-electron chi connectivity index (χ4n) is 1.71. The number of benzene rings is 1. The van der Waals surface area contributed by atoms with E-state index in [0.717, 1.165) is 6.07 Å². The minimum atomic E-state index is -0.632. The van der Waals surface area contributed by atoms with E-state index in [-0.39, 0.29) is 11.3 Å². The average Bonchev–Trinajstić information content (AvgIpc) is 2.26. The van der Waals surface area contributed by atoms with Crippen LogP contribution in [0.5, 0.6) is 0 Å². The number of ether oxygens (including phenoxy) is 1. The number of carbonyl (C=O) groups is 1. The molecule has 0 aromatic heterocycles. The van der Waals surface area contributed by atoms with E-state index in [0.29, 0.717) is 16.8 Å². The number of halogens is 1. The average molecular weight is 250 g/mol. The third kappa shape index (κ3) is 2.94. The number of nitrogens with one attached hydrogen (secondary N) is 1. The van der Waals surface area contributed by atoms with Crippen molar-refractivity contribution < 1.29 is 13.9 Å². The Hall–Kier alpha value is -2.17. The van der Waals surface area contributed by atoms with Crippen LogP contribution in [0.2, 0.25) is 0 Å². The number of hydrogen-bond acceptors (Lipinski definition) is 4. The first-order valence-electron chi connectivity index (χ1n) is 5.28. The molecule has 0 aliphatic rings. The Balaban J connectivity index is 3.42. The van der Waals surface area contributed by atoms with Gasteiger partial charge in [-0.1, -0.05) is 0 Å². The molecule has 3 N–H and O–H groups in total. The van der Waals surface area contributed by atoms with E-state index in [9.17, 15) is 9.18 Å². The molecule has 1 aromatic rings. The summed E-state index contributed by atoms with van der Waals surface area (Å²) in [6.07, 6.45) is 0. The zero-order chi connectivity index (χ0) is 13.9. The number of carbonyl (C=O) groups excluding carboxylic acids is 1. The predicted octanol–water partition coefficient (Wildman–Crippen LogP) is 2.34. The summed E-state index contributed by atoms with van der Waals surface area (Å²) < 4.78 is 18.0. The smallest absolute Gasteiger partial charge is 0.337 e. The van der Waals surface area contributed by atoms with Gasteiger partial charge in [0.25, 0.3) is 0 Å². The van der Waals surface area contributed by atoms with Gasteiger partial charge in [-0.3, -0.25) is 0 Å². The Kier molecular flexibility index (Phi) is 4.20. The molecule has 0 unspecified atom stereocenters. The quantitative estimate of drug-likeness (QED) is 0.638. The monoisotopic (exact) mass is 250 g/mol. The topological polar surface area (TPSA) is 76.2 Å². The summed E-state index contributed by atoms with van der Waals surface area (Å²) in [5.74, 6) is -1.21. The number of nitrogens with two attached hydrogens (primary N) is 1. The van der Waals surface area contributed by atoms with E-state index in [1.165, 1.54) is 19.2 Å². The van der Waals surface area contributed by atoms with E-state index < -0.39 is 11.8 Å². The molecule has 0 saturated carbocycles. The SMILES string of the molecule is COC(=O)c1cc(F)cc(/C(C(C)=N)=C(\C)N)c1. The molecule has 0 aliphatic carbocycles. The minimum Gasteiger partial charge on any atom is -0.465 e. The highest BCUT2D eigenvalue weighted by atomic mass is 19.1. The van der Waals surface area contributed by atoms with Gasteiger partial charge >= 0.3 is 5.97 Å². The third-order valence-electron chi connectivity index (χ3n) is 2.38. The number of methoxy groups -OCH3 is 1. The van der Waals surface area contributed by atoms with Crippen LogP contribution in [-0.2, 0) is 4.74 Å². The molecule has 0 fully saturated rings. The molecule has 0 spiro atoms. The summed E-state index contributed by atoms with van der Waals surface area (Å²) in [5.41, 5.74) is 7.17. The van der Waals surface area contributed by atoms with E-state index >= 15 is 0 Å². The highest BCUT2D eigenvalue weighted by molar-refractivity contribution is 6.22. The van der Waals surface area contributed by atoms with Crippen LogP contribution in [0.15, 0.2) is 23.9 Å². The summed E-state index contributed by atoms with van der Waals surface area (Å²) in [6.45, 7) is 3.17. The maximum Gasteiger partial charge on any atom is 0.337 e. The fourth-order valence-corrected chi connectivity index (χ4v) is 1.71. The van der Waals surface area contributed by atoms with Crippen molar-refractivity contribution in [2.45, 2.75) is 13.8 Å². The van der Waals surface area contributed by atoms with Crippen LogP contribution in [0.25, 0.3) is 5.57 Å². The summed E-state index contributed by atoms with van der Waals surface area (Å²) >= 11 is 0. The largest absolute Gasteiger partial charge is 0.465 e. The Morgan fingerprint density at radius 2 is 1.83 bits per heavy atom. The lowest BCUT2D eigenvalue weighted by Crippen LogP contribution is -2.08. The van der Waals surface area contributed by atoms with Crippen LogP contribution in [0.4, 0.5) is 4.39 Å². The number of esters is 1. The lowest BCUT2D eigenvalue weighted by Gasteiger charge is -2.10. The molecule has 4 nitrogen and oxygen atoms in total. The van der Waals surface area contributed by atoms with Gasteiger partial charge in [0.15, 0.2) is 0 Å². The normalized spacial score (nSPS) is 11.8. The van der Waals surface area contributed by atoms with Crippen molar-refractivity contribution in [2.24, 2.45) is 5.73 Å². The lowest BCUT2D eigenvalue weighted by molar-refractivity contribution is 0.0600. The molecule has 0 radical (unpaired) electrons. The van der Waals surface area contributed by atoms with Gasteiger partial charge in [0.05, 0.1) is 12.7 Å².